The zero-order chi connectivity index (χ0) is 17.5. The summed E-state index contributed by atoms with van der Waals surface area (Å²) in [6.45, 7) is 4.59. The Morgan fingerprint density at radius 3 is 2.46 bits per heavy atom. The van der Waals surface area contributed by atoms with Crippen LogP contribution in [0.2, 0.25) is 0 Å². The van der Waals surface area contributed by atoms with Gasteiger partial charge in [0.05, 0.1) is 17.8 Å². The van der Waals surface area contributed by atoms with Gasteiger partial charge in [-0.2, -0.15) is 0 Å². The highest BCUT2D eigenvalue weighted by molar-refractivity contribution is 7.90. The monoisotopic (exact) mass is 352 g/mol. The highest BCUT2D eigenvalue weighted by atomic mass is 32.2. The average Bonchev–Trinajstić information content (AvgIpc) is 2.72. The fourth-order valence-electron chi connectivity index (χ4n) is 3.19. The molecule has 2 atom stereocenters. The number of carbonyl (C=O) groups is 2. The van der Waals surface area contributed by atoms with Crippen molar-refractivity contribution in [2.24, 2.45) is 0 Å². The normalized spacial score (nSPS) is 25.7. The molecule has 1 fully saturated rings. The first-order chi connectivity index (χ1) is 11.3. The Labute approximate surface area is 141 Å². The minimum atomic E-state index is -3.86. The fourth-order valence-corrected chi connectivity index (χ4v) is 4.76. The van der Waals surface area contributed by atoms with Gasteiger partial charge in [-0.1, -0.05) is 12.1 Å². The van der Waals surface area contributed by atoms with E-state index in [9.17, 15) is 18.0 Å². The van der Waals surface area contributed by atoms with E-state index in [1.165, 1.54) is 12.1 Å². The third kappa shape index (κ3) is 2.91. The van der Waals surface area contributed by atoms with Crippen molar-refractivity contribution in [1.82, 2.24) is 9.21 Å². The number of benzene rings is 1. The molecule has 0 aliphatic carbocycles. The number of hydrogen-bond donors (Lipinski definition) is 0. The van der Waals surface area contributed by atoms with Gasteiger partial charge < -0.3 is 9.64 Å². The first-order valence-corrected chi connectivity index (χ1v) is 9.34. The van der Waals surface area contributed by atoms with E-state index in [1.807, 2.05) is 13.8 Å². The smallest absolute Gasteiger partial charge is 0.269 e. The second-order valence-electron chi connectivity index (χ2n) is 6.18. The largest absolute Gasteiger partial charge is 0.372 e. The molecule has 0 spiro atoms. The Bertz CT molecular complexity index is 766. The molecule has 0 bridgehead atoms. The molecule has 1 saturated heterocycles. The lowest BCUT2D eigenvalue weighted by molar-refractivity contribution is -0.143. The molecule has 2 aliphatic heterocycles. The van der Waals surface area contributed by atoms with Gasteiger partial charge in [0, 0.05) is 26.1 Å². The second-order valence-corrected chi connectivity index (χ2v) is 8.02. The van der Waals surface area contributed by atoms with Crippen LogP contribution in [0.15, 0.2) is 29.2 Å². The SMILES string of the molecule is C[C@@H]1CN(C(=O)CCN2C(=O)c3ccccc3S2(=O)=O)C[C@H](C)O1. The maximum atomic E-state index is 12.4. The van der Waals surface area contributed by atoms with Crippen molar-refractivity contribution in [2.45, 2.75) is 37.4 Å². The van der Waals surface area contributed by atoms with Crippen LogP contribution in [-0.2, 0) is 19.6 Å². The van der Waals surface area contributed by atoms with Gasteiger partial charge in [0.1, 0.15) is 4.90 Å². The summed E-state index contributed by atoms with van der Waals surface area (Å²) >= 11 is 0. The number of rotatable bonds is 3. The summed E-state index contributed by atoms with van der Waals surface area (Å²) in [6, 6.07) is 6.10. The summed E-state index contributed by atoms with van der Waals surface area (Å²) in [5.41, 5.74) is 0.165. The van der Waals surface area contributed by atoms with E-state index < -0.39 is 15.9 Å². The fraction of sp³-hybridized carbons (Fsp3) is 0.500. The van der Waals surface area contributed by atoms with Gasteiger partial charge in [0.25, 0.3) is 15.9 Å². The van der Waals surface area contributed by atoms with Crippen LogP contribution in [0, 0.1) is 0 Å². The quantitative estimate of drug-likeness (QED) is 0.805. The Morgan fingerprint density at radius 2 is 1.83 bits per heavy atom. The van der Waals surface area contributed by atoms with Crippen molar-refractivity contribution in [1.29, 1.82) is 0 Å². The van der Waals surface area contributed by atoms with Crippen molar-refractivity contribution in [3.63, 3.8) is 0 Å². The molecular weight excluding hydrogens is 332 g/mol. The number of amides is 2. The molecular formula is C16H20N2O5S. The first kappa shape index (κ1) is 16.9. The molecule has 0 saturated carbocycles. The molecule has 3 rings (SSSR count). The molecule has 0 radical (unpaired) electrons. The average molecular weight is 352 g/mol. The van der Waals surface area contributed by atoms with Crippen molar-refractivity contribution in [3.05, 3.63) is 29.8 Å². The van der Waals surface area contributed by atoms with Crippen LogP contribution < -0.4 is 0 Å². The maximum absolute atomic E-state index is 12.4. The molecule has 0 unspecified atom stereocenters. The van der Waals surface area contributed by atoms with Gasteiger partial charge in [-0.25, -0.2) is 12.7 Å². The molecule has 24 heavy (non-hydrogen) atoms. The zero-order valence-electron chi connectivity index (χ0n) is 13.6. The van der Waals surface area contributed by atoms with E-state index in [2.05, 4.69) is 0 Å². The van der Waals surface area contributed by atoms with Gasteiger partial charge in [0.2, 0.25) is 5.91 Å². The standard InChI is InChI=1S/C16H20N2O5S/c1-11-9-17(10-12(2)23-11)15(19)7-8-18-16(20)13-5-3-4-6-14(13)24(18,21)22/h3-6,11-12H,7-10H2,1-2H3/t11-,12+. The minimum absolute atomic E-state index is 0.0102. The van der Waals surface area contributed by atoms with Gasteiger partial charge in [-0.05, 0) is 26.0 Å². The second kappa shape index (κ2) is 6.18. The topological polar surface area (TPSA) is 84.0 Å². The number of sulfonamides is 1. The lowest BCUT2D eigenvalue weighted by Crippen LogP contribution is -2.49. The summed E-state index contributed by atoms with van der Waals surface area (Å²) in [5, 5.41) is 0. The van der Waals surface area contributed by atoms with E-state index in [4.69, 9.17) is 4.74 Å². The van der Waals surface area contributed by atoms with Crippen molar-refractivity contribution < 1.29 is 22.7 Å². The number of hydrogen-bond acceptors (Lipinski definition) is 5. The molecule has 2 aliphatic rings. The van der Waals surface area contributed by atoms with Crippen LogP contribution in [0.3, 0.4) is 0 Å². The van der Waals surface area contributed by atoms with Crippen LogP contribution in [-0.4, -0.2) is 61.3 Å². The van der Waals surface area contributed by atoms with E-state index in [-0.39, 0.29) is 41.5 Å². The van der Waals surface area contributed by atoms with Gasteiger partial charge in [0.15, 0.2) is 0 Å². The molecule has 1 aromatic carbocycles. The molecule has 7 nitrogen and oxygen atoms in total. The number of nitrogens with zero attached hydrogens (tertiary/aromatic N) is 2. The predicted octanol–water partition coefficient (Wildman–Crippen LogP) is 0.857. The molecule has 2 amide bonds. The van der Waals surface area contributed by atoms with Gasteiger partial charge in [-0.3, -0.25) is 9.59 Å². The summed E-state index contributed by atoms with van der Waals surface area (Å²) in [7, 11) is -3.86. The van der Waals surface area contributed by atoms with Crippen molar-refractivity contribution in [3.8, 4) is 0 Å². The van der Waals surface area contributed by atoms with E-state index in [0.717, 1.165) is 4.31 Å². The van der Waals surface area contributed by atoms with Crippen LogP contribution in [0.5, 0.6) is 0 Å². The number of carbonyl (C=O) groups excluding carboxylic acids is 2. The zero-order valence-corrected chi connectivity index (χ0v) is 14.5. The molecule has 1 aromatic rings. The molecule has 0 N–H and O–H groups in total. The summed E-state index contributed by atoms with van der Waals surface area (Å²) in [4.78, 5) is 26.4. The van der Waals surface area contributed by atoms with Crippen LogP contribution >= 0.6 is 0 Å². The predicted molar refractivity (Wildman–Crippen MR) is 85.9 cm³/mol. The highest BCUT2D eigenvalue weighted by Gasteiger charge is 2.41. The summed E-state index contributed by atoms with van der Waals surface area (Å²) in [5.74, 6) is -0.738. The van der Waals surface area contributed by atoms with Crippen LogP contribution in [0.25, 0.3) is 0 Å². The number of morpholine rings is 1. The van der Waals surface area contributed by atoms with E-state index in [1.54, 1.807) is 17.0 Å². The molecule has 8 heteroatoms. The number of fused-ring (bicyclic) bond motifs is 1. The maximum Gasteiger partial charge on any atom is 0.269 e. The third-order valence-electron chi connectivity index (χ3n) is 4.21. The lowest BCUT2D eigenvalue weighted by Gasteiger charge is -2.35. The Hall–Kier alpha value is -1.93. The Morgan fingerprint density at radius 1 is 1.21 bits per heavy atom. The Balaban J connectivity index is 1.69. The Kier molecular flexibility index (Phi) is 4.35. The first-order valence-electron chi connectivity index (χ1n) is 7.90. The van der Waals surface area contributed by atoms with Gasteiger partial charge >= 0.3 is 0 Å². The lowest BCUT2D eigenvalue weighted by atomic mass is 10.2. The summed E-state index contributed by atoms with van der Waals surface area (Å²) in [6.07, 6.45) is -0.142. The molecule has 2 heterocycles. The third-order valence-corrected chi connectivity index (χ3v) is 6.05. The van der Waals surface area contributed by atoms with Crippen LogP contribution in [0.4, 0.5) is 0 Å². The van der Waals surface area contributed by atoms with Crippen LogP contribution in [0.1, 0.15) is 30.6 Å². The van der Waals surface area contributed by atoms with Gasteiger partial charge in [-0.15, -0.1) is 0 Å². The van der Waals surface area contributed by atoms with E-state index >= 15 is 0 Å². The van der Waals surface area contributed by atoms with Crippen molar-refractivity contribution >= 4 is 21.8 Å². The molecule has 0 aromatic heterocycles. The number of ether oxygens (including phenoxy) is 1. The summed E-state index contributed by atoms with van der Waals surface area (Å²) < 4.78 is 31.3. The van der Waals surface area contributed by atoms with E-state index in [0.29, 0.717) is 13.1 Å². The minimum Gasteiger partial charge on any atom is -0.372 e. The molecule has 130 valence electrons. The highest BCUT2D eigenvalue weighted by Crippen LogP contribution is 2.30. The van der Waals surface area contributed by atoms with Crippen molar-refractivity contribution in [2.75, 3.05) is 19.6 Å².